The van der Waals surface area contributed by atoms with E-state index in [2.05, 4.69) is 0 Å². The Morgan fingerprint density at radius 3 is 2.56 bits per heavy atom. The Morgan fingerprint density at radius 1 is 1.44 bits per heavy atom. The summed E-state index contributed by atoms with van der Waals surface area (Å²) >= 11 is 1.31. The van der Waals surface area contributed by atoms with Crippen LogP contribution in [0.2, 0.25) is 0 Å². The number of nitrogens with two attached hydrogens (primary N) is 1. The molecule has 4 nitrogen and oxygen atoms in total. The summed E-state index contributed by atoms with van der Waals surface area (Å²) in [5.74, 6) is -0.986. The molecule has 0 heterocycles. The lowest BCUT2D eigenvalue weighted by Crippen LogP contribution is -2.15. The fourth-order valence-corrected chi connectivity index (χ4v) is 2.20. The van der Waals surface area contributed by atoms with E-state index in [4.69, 9.17) is 10.8 Å². The number of nitrogen functional groups attached to an aromatic ring is 1. The summed E-state index contributed by atoms with van der Waals surface area (Å²) in [6.07, 6.45) is -0.506. The van der Waals surface area contributed by atoms with Gasteiger partial charge in [0, 0.05) is 15.8 Å². The van der Waals surface area contributed by atoms with Gasteiger partial charge in [-0.05, 0) is 25.1 Å². The molecule has 2 unspecified atom stereocenters. The van der Waals surface area contributed by atoms with E-state index < -0.39 is 12.1 Å². The lowest BCUT2D eigenvalue weighted by atomic mass is 10.2. The SMILES string of the molecule is CC(O)C(C)Sc1cc(N)ccc1C(=O)O. The van der Waals surface area contributed by atoms with Gasteiger partial charge in [-0.1, -0.05) is 6.92 Å². The zero-order chi connectivity index (χ0) is 12.3. The van der Waals surface area contributed by atoms with Crippen molar-refractivity contribution in [1.29, 1.82) is 0 Å². The average molecular weight is 241 g/mol. The molecule has 0 amide bonds. The maximum atomic E-state index is 11.0. The minimum atomic E-state index is -0.986. The van der Waals surface area contributed by atoms with E-state index >= 15 is 0 Å². The van der Waals surface area contributed by atoms with Crippen molar-refractivity contribution in [2.24, 2.45) is 0 Å². The van der Waals surface area contributed by atoms with Crippen molar-refractivity contribution >= 4 is 23.4 Å². The molecule has 5 heteroatoms. The van der Waals surface area contributed by atoms with Gasteiger partial charge in [0.15, 0.2) is 0 Å². The number of carbonyl (C=O) groups is 1. The van der Waals surface area contributed by atoms with Crippen LogP contribution in [0.4, 0.5) is 5.69 Å². The molecule has 0 fully saturated rings. The highest BCUT2D eigenvalue weighted by molar-refractivity contribution is 8.00. The lowest BCUT2D eigenvalue weighted by Gasteiger charge is -2.15. The number of aliphatic hydroxyl groups is 1. The van der Waals surface area contributed by atoms with Crippen LogP contribution in [-0.4, -0.2) is 27.5 Å². The lowest BCUT2D eigenvalue weighted by molar-refractivity contribution is 0.0693. The van der Waals surface area contributed by atoms with Crippen molar-refractivity contribution in [2.75, 3.05) is 5.73 Å². The maximum Gasteiger partial charge on any atom is 0.336 e. The standard InChI is InChI=1S/C11H15NO3S/c1-6(13)7(2)16-10-5-8(12)3-4-9(10)11(14)15/h3-7,13H,12H2,1-2H3,(H,14,15). The fourth-order valence-electron chi connectivity index (χ4n) is 1.11. The van der Waals surface area contributed by atoms with E-state index in [0.717, 1.165) is 0 Å². The van der Waals surface area contributed by atoms with Crippen LogP contribution in [0.3, 0.4) is 0 Å². The third-order valence-corrected chi connectivity index (χ3v) is 3.59. The Morgan fingerprint density at radius 2 is 2.06 bits per heavy atom. The smallest absolute Gasteiger partial charge is 0.336 e. The predicted molar refractivity (Wildman–Crippen MR) is 64.8 cm³/mol. The second-order valence-electron chi connectivity index (χ2n) is 3.62. The van der Waals surface area contributed by atoms with Crippen molar-refractivity contribution in [1.82, 2.24) is 0 Å². The first kappa shape index (κ1) is 12.9. The molecule has 16 heavy (non-hydrogen) atoms. The summed E-state index contributed by atoms with van der Waals surface area (Å²) in [7, 11) is 0. The van der Waals surface area contributed by atoms with Crippen molar-refractivity contribution in [2.45, 2.75) is 30.1 Å². The van der Waals surface area contributed by atoms with E-state index in [9.17, 15) is 9.90 Å². The Labute approximate surface area is 98.5 Å². The van der Waals surface area contributed by atoms with Crippen LogP contribution in [0, 0.1) is 0 Å². The van der Waals surface area contributed by atoms with Gasteiger partial charge >= 0.3 is 5.97 Å². The molecule has 0 saturated heterocycles. The third kappa shape index (κ3) is 3.15. The number of aliphatic hydroxyl groups excluding tert-OH is 1. The monoisotopic (exact) mass is 241 g/mol. The molecule has 0 aliphatic heterocycles. The predicted octanol–water partition coefficient (Wildman–Crippen LogP) is 1.83. The van der Waals surface area contributed by atoms with Crippen LogP contribution in [0.5, 0.6) is 0 Å². The van der Waals surface area contributed by atoms with Crippen LogP contribution >= 0.6 is 11.8 Å². The molecule has 1 rings (SSSR count). The highest BCUT2D eigenvalue weighted by Gasteiger charge is 2.16. The van der Waals surface area contributed by atoms with Crippen LogP contribution in [0.25, 0.3) is 0 Å². The van der Waals surface area contributed by atoms with Gasteiger partial charge in [-0.15, -0.1) is 11.8 Å². The van der Waals surface area contributed by atoms with Gasteiger partial charge in [0.2, 0.25) is 0 Å². The first-order valence-corrected chi connectivity index (χ1v) is 5.77. The molecule has 0 aliphatic carbocycles. The van der Waals surface area contributed by atoms with E-state index in [-0.39, 0.29) is 10.8 Å². The second kappa shape index (κ2) is 5.23. The molecule has 0 aromatic heterocycles. The number of anilines is 1. The molecule has 0 saturated carbocycles. The summed E-state index contributed by atoms with van der Waals surface area (Å²) in [4.78, 5) is 11.6. The van der Waals surface area contributed by atoms with Gasteiger partial charge in [0.25, 0.3) is 0 Å². The highest BCUT2D eigenvalue weighted by atomic mass is 32.2. The molecule has 0 radical (unpaired) electrons. The first-order chi connectivity index (χ1) is 7.41. The zero-order valence-electron chi connectivity index (χ0n) is 9.18. The molecule has 1 aromatic rings. The Balaban J connectivity index is 3.01. The topological polar surface area (TPSA) is 83.5 Å². The van der Waals surface area contributed by atoms with Crippen molar-refractivity contribution in [3.05, 3.63) is 23.8 Å². The number of rotatable bonds is 4. The Hall–Kier alpha value is -1.20. The first-order valence-electron chi connectivity index (χ1n) is 4.89. The number of thioether (sulfide) groups is 1. The van der Waals surface area contributed by atoms with Gasteiger partial charge in [-0.3, -0.25) is 0 Å². The fraction of sp³-hybridized carbons (Fsp3) is 0.364. The molecule has 4 N–H and O–H groups in total. The van der Waals surface area contributed by atoms with Crippen molar-refractivity contribution < 1.29 is 15.0 Å². The normalized spacial score (nSPS) is 14.4. The van der Waals surface area contributed by atoms with Crippen LogP contribution < -0.4 is 5.73 Å². The van der Waals surface area contributed by atoms with Crippen molar-refractivity contribution in [3.8, 4) is 0 Å². The van der Waals surface area contributed by atoms with Gasteiger partial charge in [-0.2, -0.15) is 0 Å². The van der Waals surface area contributed by atoms with E-state index in [1.54, 1.807) is 19.1 Å². The number of benzene rings is 1. The summed E-state index contributed by atoms with van der Waals surface area (Å²) in [6.45, 7) is 3.51. The average Bonchev–Trinajstić information content (AvgIpc) is 2.16. The summed E-state index contributed by atoms with van der Waals surface area (Å²) in [6, 6.07) is 4.66. The number of hydrogen-bond acceptors (Lipinski definition) is 4. The molecule has 88 valence electrons. The van der Waals surface area contributed by atoms with Crippen molar-refractivity contribution in [3.63, 3.8) is 0 Å². The minimum Gasteiger partial charge on any atom is -0.478 e. The van der Waals surface area contributed by atoms with Crippen LogP contribution in [-0.2, 0) is 0 Å². The number of carboxylic acids is 1. The van der Waals surface area contributed by atoms with E-state index in [1.165, 1.54) is 17.8 Å². The molecule has 0 bridgehead atoms. The van der Waals surface area contributed by atoms with Gasteiger partial charge in [-0.25, -0.2) is 4.79 Å². The molecule has 2 atom stereocenters. The van der Waals surface area contributed by atoms with E-state index in [1.807, 2.05) is 6.92 Å². The number of aromatic carboxylic acids is 1. The van der Waals surface area contributed by atoms with Gasteiger partial charge < -0.3 is 15.9 Å². The summed E-state index contributed by atoms with van der Waals surface area (Å²) < 4.78 is 0. The highest BCUT2D eigenvalue weighted by Crippen LogP contribution is 2.30. The number of carboxylic acid groups (broad SMARTS) is 1. The summed E-state index contributed by atoms with van der Waals surface area (Å²) in [5.41, 5.74) is 6.34. The molecule has 1 aromatic carbocycles. The molecule has 0 aliphatic rings. The van der Waals surface area contributed by atoms with Gasteiger partial charge in [0.1, 0.15) is 0 Å². The largest absolute Gasteiger partial charge is 0.478 e. The number of hydrogen-bond donors (Lipinski definition) is 3. The molecular weight excluding hydrogens is 226 g/mol. The summed E-state index contributed by atoms with van der Waals surface area (Å²) in [5, 5.41) is 18.3. The minimum absolute atomic E-state index is 0.0834. The molecular formula is C11H15NO3S. The Bertz CT molecular complexity index is 393. The maximum absolute atomic E-state index is 11.0. The third-order valence-electron chi connectivity index (χ3n) is 2.23. The Kier molecular flexibility index (Phi) is 4.20. The zero-order valence-corrected chi connectivity index (χ0v) is 9.99. The van der Waals surface area contributed by atoms with Crippen LogP contribution in [0.1, 0.15) is 24.2 Å². The van der Waals surface area contributed by atoms with Crippen LogP contribution in [0.15, 0.2) is 23.1 Å². The molecule has 0 spiro atoms. The quantitative estimate of drug-likeness (QED) is 0.553. The second-order valence-corrected chi connectivity index (χ2v) is 5.04. The van der Waals surface area contributed by atoms with Gasteiger partial charge in [0.05, 0.1) is 11.7 Å². The van der Waals surface area contributed by atoms with E-state index in [0.29, 0.717) is 10.6 Å².